The van der Waals surface area contributed by atoms with Crippen molar-refractivity contribution in [1.29, 1.82) is 0 Å². The fraction of sp³-hybridized carbons (Fsp3) is 0.630. The summed E-state index contributed by atoms with van der Waals surface area (Å²) < 4.78 is 0. The number of hydrogen-bond donors (Lipinski definition) is 0. The molecule has 0 heteroatoms. The van der Waals surface area contributed by atoms with Gasteiger partial charge < -0.3 is 0 Å². The molecule has 1 saturated carbocycles. The third-order valence-electron chi connectivity index (χ3n) is 6.75. The van der Waals surface area contributed by atoms with Gasteiger partial charge in [0.2, 0.25) is 0 Å². The summed E-state index contributed by atoms with van der Waals surface area (Å²) in [5.74, 6) is 1.80. The maximum Gasteiger partial charge on any atom is -0.0162 e. The first-order chi connectivity index (χ1) is 13.3. The van der Waals surface area contributed by atoms with Crippen LogP contribution in [0.5, 0.6) is 0 Å². The van der Waals surface area contributed by atoms with E-state index in [1.165, 1.54) is 99.8 Å². The topological polar surface area (TPSA) is 0 Å². The lowest BCUT2D eigenvalue weighted by Crippen LogP contribution is -2.13. The van der Waals surface area contributed by atoms with Crippen LogP contribution in [0.1, 0.15) is 108 Å². The van der Waals surface area contributed by atoms with Gasteiger partial charge >= 0.3 is 0 Å². The summed E-state index contributed by atoms with van der Waals surface area (Å²) in [6.45, 7) is 4.56. The minimum Gasteiger partial charge on any atom is -0.0654 e. The zero-order valence-corrected chi connectivity index (χ0v) is 17.8. The fourth-order valence-corrected chi connectivity index (χ4v) is 5.01. The molecule has 1 fully saturated rings. The summed E-state index contributed by atoms with van der Waals surface area (Å²) in [5, 5.41) is 2.85. The minimum absolute atomic E-state index is 0.797. The molecular weight excluding hydrogens is 324 g/mol. The second kappa shape index (κ2) is 10.9. The van der Waals surface area contributed by atoms with E-state index < -0.39 is 0 Å². The smallest absolute Gasteiger partial charge is 0.0162 e. The van der Waals surface area contributed by atoms with Crippen LogP contribution in [0.2, 0.25) is 0 Å². The highest BCUT2D eigenvalue weighted by molar-refractivity contribution is 5.84. The van der Waals surface area contributed by atoms with Gasteiger partial charge in [0, 0.05) is 0 Å². The standard InChI is InChI=1S/C27H40/c1-3-5-6-7-8-9-11-22-12-15-24(16-13-22)26-19-18-25-20-23(10-4-2)14-17-27(25)21-26/h14,17-22,24H,3-13,15-16H2,1-2H3. The van der Waals surface area contributed by atoms with Crippen molar-refractivity contribution in [2.24, 2.45) is 5.92 Å². The number of unbranched alkanes of at least 4 members (excludes halogenated alkanes) is 5. The van der Waals surface area contributed by atoms with Crippen molar-refractivity contribution in [3.63, 3.8) is 0 Å². The quantitative estimate of drug-likeness (QED) is 0.369. The Hall–Kier alpha value is -1.30. The zero-order valence-electron chi connectivity index (χ0n) is 17.8. The largest absolute Gasteiger partial charge is 0.0654 e. The van der Waals surface area contributed by atoms with Gasteiger partial charge in [-0.15, -0.1) is 0 Å². The highest BCUT2D eigenvalue weighted by Crippen LogP contribution is 2.38. The number of benzene rings is 2. The average molecular weight is 365 g/mol. The molecule has 0 aromatic heterocycles. The Morgan fingerprint density at radius 1 is 0.704 bits per heavy atom. The first kappa shape index (κ1) is 20.4. The minimum atomic E-state index is 0.797. The number of hydrogen-bond acceptors (Lipinski definition) is 0. The van der Waals surface area contributed by atoms with Gasteiger partial charge in [-0.05, 0) is 65.8 Å². The third kappa shape index (κ3) is 6.09. The molecule has 2 aromatic carbocycles. The Morgan fingerprint density at radius 3 is 2.19 bits per heavy atom. The fourth-order valence-electron chi connectivity index (χ4n) is 5.01. The Bertz CT molecular complexity index is 675. The van der Waals surface area contributed by atoms with Crippen LogP contribution in [0.15, 0.2) is 36.4 Å². The number of fused-ring (bicyclic) bond motifs is 1. The molecule has 0 saturated heterocycles. The van der Waals surface area contributed by atoms with Gasteiger partial charge in [0.25, 0.3) is 0 Å². The van der Waals surface area contributed by atoms with Gasteiger partial charge in [-0.3, -0.25) is 0 Å². The lowest BCUT2D eigenvalue weighted by Gasteiger charge is -2.29. The van der Waals surface area contributed by atoms with Crippen LogP contribution in [-0.2, 0) is 6.42 Å². The van der Waals surface area contributed by atoms with Crippen LogP contribution in [0, 0.1) is 5.92 Å². The summed E-state index contributed by atoms with van der Waals surface area (Å²) in [6, 6.07) is 14.3. The molecule has 3 rings (SSSR count). The molecule has 0 amide bonds. The molecule has 0 nitrogen and oxygen atoms in total. The van der Waals surface area contributed by atoms with E-state index in [0.717, 1.165) is 11.8 Å². The molecule has 2 aromatic rings. The predicted octanol–water partition coefficient (Wildman–Crippen LogP) is 8.82. The molecule has 0 spiro atoms. The zero-order chi connectivity index (χ0) is 18.9. The Morgan fingerprint density at radius 2 is 1.41 bits per heavy atom. The highest BCUT2D eigenvalue weighted by atomic mass is 14.3. The Kier molecular flexibility index (Phi) is 8.24. The third-order valence-corrected chi connectivity index (χ3v) is 6.75. The van der Waals surface area contributed by atoms with E-state index in [1.54, 1.807) is 5.56 Å². The number of aryl methyl sites for hydroxylation is 1. The molecule has 0 aliphatic heterocycles. The van der Waals surface area contributed by atoms with E-state index in [2.05, 4.69) is 50.2 Å². The van der Waals surface area contributed by atoms with Crippen LogP contribution in [-0.4, -0.2) is 0 Å². The molecule has 0 radical (unpaired) electrons. The lowest BCUT2D eigenvalue weighted by molar-refractivity contribution is 0.302. The van der Waals surface area contributed by atoms with Crippen molar-refractivity contribution < 1.29 is 0 Å². The van der Waals surface area contributed by atoms with E-state index in [0.29, 0.717) is 0 Å². The second-order valence-electron chi connectivity index (χ2n) is 8.97. The maximum absolute atomic E-state index is 2.48. The second-order valence-corrected chi connectivity index (χ2v) is 8.97. The monoisotopic (exact) mass is 364 g/mol. The SMILES string of the molecule is CCCCCCCCC1CCC(c2ccc3cc(CCC)ccc3c2)CC1. The van der Waals surface area contributed by atoms with Crippen LogP contribution >= 0.6 is 0 Å². The van der Waals surface area contributed by atoms with Crippen LogP contribution in [0.4, 0.5) is 0 Å². The summed E-state index contributed by atoms with van der Waals surface area (Å²) in [7, 11) is 0. The Balaban J connectivity index is 1.47. The van der Waals surface area contributed by atoms with Crippen molar-refractivity contribution in [2.75, 3.05) is 0 Å². The molecule has 0 atom stereocenters. The predicted molar refractivity (Wildman–Crippen MR) is 121 cm³/mol. The molecule has 0 N–H and O–H groups in total. The van der Waals surface area contributed by atoms with Gasteiger partial charge in [0.05, 0.1) is 0 Å². The van der Waals surface area contributed by atoms with E-state index in [4.69, 9.17) is 0 Å². The van der Waals surface area contributed by atoms with E-state index in [-0.39, 0.29) is 0 Å². The van der Waals surface area contributed by atoms with Crippen molar-refractivity contribution in [2.45, 2.75) is 103 Å². The summed E-state index contributed by atoms with van der Waals surface area (Å²) in [4.78, 5) is 0. The van der Waals surface area contributed by atoms with Crippen LogP contribution < -0.4 is 0 Å². The van der Waals surface area contributed by atoms with Gasteiger partial charge in [-0.1, -0.05) is 102 Å². The molecule has 1 aliphatic rings. The first-order valence-corrected chi connectivity index (χ1v) is 11.8. The number of rotatable bonds is 10. The summed E-state index contributed by atoms with van der Waals surface area (Å²) in [6.07, 6.45) is 18.2. The molecule has 148 valence electrons. The van der Waals surface area contributed by atoms with Crippen molar-refractivity contribution in [3.8, 4) is 0 Å². The van der Waals surface area contributed by atoms with Gasteiger partial charge in [0.15, 0.2) is 0 Å². The van der Waals surface area contributed by atoms with Gasteiger partial charge in [0.1, 0.15) is 0 Å². The maximum atomic E-state index is 2.48. The van der Waals surface area contributed by atoms with Crippen LogP contribution in [0.25, 0.3) is 10.8 Å². The van der Waals surface area contributed by atoms with E-state index in [1.807, 2.05) is 0 Å². The highest BCUT2D eigenvalue weighted by Gasteiger charge is 2.22. The molecule has 0 heterocycles. The lowest BCUT2D eigenvalue weighted by atomic mass is 9.76. The summed E-state index contributed by atoms with van der Waals surface area (Å²) in [5.41, 5.74) is 3.07. The van der Waals surface area contributed by atoms with Crippen molar-refractivity contribution in [3.05, 3.63) is 47.5 Å². The first-order valence-electron chi connectivity index (χ1n) is 11.8. The Labute approximate surface area is 167 Å². The van der Waals surface area contributed by atoms with E-state index >= 15 is 0 Å². The van der Waals surface area contributed by atoms with Gasteiger partial charge in [-0.25, -0.2) is 0 Å². The molecule has 0 bridgehead atoms. The normalized spacial score (nSPS) is 20.2. The van der Waals surface area contributed by atoms with Crippen LogP contribution in [0.3, 0.4) is 0 Å². The molecule has 27 heavy (non-hydrogen) atoms. The molecule has 1 aliphatic carbocycles. The van der Waals surface area contributed by atoms with Crippen molar-refractivity contribution in [1.82, 2.24) is 0 Å². The molecular formula is C27H40. The van der Waals surface area contributed by atoms with E-state index in [9.17, 15) is 0 Å². The average Bonchev–Trinajstić information content (AvgIpc) is 2.71. The van der Waals surface area contributed by atoms with Gasteiger partial charge in [-0.2, -0.15) is 0 Å². The summed E-state index contributed by atoms with van der Waals surface area (Å²) >= 11 is 0. The molecule has 0 unspecified atom stereocenters. The van der Waals surface area contributed by atoms with Crippen molar-refractivity contribution >= 4 is 10.8 Å².